The number of hydrogen-bond donors (Lipinski definition) is 0. The van der Waals surface area contributed by atoms with Gasteiger partial charge in [-0.3, -0.25) is 0 Å². The van der Waals surface area contributed by atoms with Crippen molar-refractivity contribution in [3.63, 3.8) is 0 Å². The van der Waals surface area contributed by atoms with Crippen LogP contribution < -0.4 is 0 Å². The summed E-state index contributed by atoms with van der Waals surface area (Å²) in [5.41, 5.74) is 6.39. The van der Waals surface area contributed by atoms with Crippen molar-refractivity contribution < 1.29 is 26.2 Å². The standard InChI is InChI=1S/C28H20.Zr/c1-5-13-23(14-6-1)21-27(25-17-9-3-10-18-25)28(26-19-11-4-12-20-26)22-24-15-7-2-8-16-24;/h1-20H;/q-2;+2. The Hall–Kier alpha value is -2.76. The van der Waals surface area contributed by atoms with Crippen LogP contribution in [0.25, 0.3) is 11.1 Å². The van der Waals surface area contributed by atoms with E-state index in [1.165, 1.54) is 0 Å². The van der Waals surface area contributed by atoms with Crippen LogP contribution in [-0.2, 0) is 26.2 Å². The minimum Gasteiger partial charge on any atom is -0.174 e. The largest absolute Gasteiger partial charge is 2.00 e. The summed E-state index contributed by atoms with van der Waals surface area (Å²) in [6.07, 6.45) is 7.26. The molecular formula is C28H20Zr. The first kappa shape index (κ1) is 21.0. The Kier molecular flexibility index (Phi) is 7.73. The molecule has 0 radical (unpaired) electrons. The SMILES string of the molecule is [C-](=C(C(=[C-]c1ccccc1)c1ccccc1)c1ccccc1)c1ccccc1.[Zr+2]. The van der Waals surface area contributed by atoms with Gasteiger partial charge in [0.2, 0.25) is 0 Å². The molecule has 4 aromatic rings. The van der Waals surface area contributed by atoms with Gasteiger partial charge in [-0.15, -0.1) is 46.5 Å². The van der Waals surface area contributed by atoms with Crippen molar-refractivity contribution in [2.24, 2.45) is 0 Å². The molecule has 4 rings (SSSR count). The molecule has 0 amide bonds. The molecule has 0 nitrogen and oxygen atoms in total. The zero-order valence-electron chi connectivity index (χ0n) is 16.0. The third-order valence-corrected chi connectivity index (χ3v) is 4.46. The number of benzene rings is 4. The van der Waals surface area contributed by atoms with Gasteiger partial charge in [-0.25, -0.2) is 0 Å². The van der Waals surface area contributed by atoms with Gasteiger partial charge in [-0.1, -0.05) is 97.1 Å². The van der Waals surface area contributed by atoms with Gasteiger partial charge in [-0.2, -0.15) is 23.3 Å². The van der Waals surface area contributed by atoms with Gasteiger partial charge in [-0.05, 0) is 0 Å². The summed E-state index contributed by atoms with van der Waals surface area (Å²) in [6.45, 7) is 0. The van der Waals surface area contributed by atoms with E-state index in [1.807, 2.05) is 48.5 Å². The summed E-state index contributed by atoms with van der Waals surface area (Å²) in [5.74, 6) is 0. The zero-order valence-corrected chi connectivity index (χ0v) is 18.5. The maximum absolute atomic E-state index is 3.63. The van der Waals surface area contributed by atoms with E-state index < -0.39 is 0 Å². The van der Waals surface area contributed by atoms with Crippen LogP contribution in [0.5, 0.6) is 0 Å². The van der Waals surface area contributed by atoms with E-state index in [4.69, 9.17) is 0 Å². The Labute approximate surface area is 192 Å². The zero-order chi connectivity index (χ0) is 19.0. The minimum absolute atomic E-state index is 0. The maximum Gasteiger partial charge on any atom is 2.00 e. The summed E-state index contributed by atoms with van der Waals surface area (Å²) in [6, 6.07) is 41.3. The molecule has 0 N–H and O–H groups in total. The van der Waals surface area contributed by atoms with Crippen molar-refractivity contribution in [1.29, 1.82) is 0 Å². The Morgan fingerprint density at radius 2 is 0.655 bits per heavy atom. The van der Waals surface area contributed by atoms with Crippen LogP contribution in [0.15, 0.2) is 121 Å². The van der Waals surface area contributed by atoms with Gasteiger partial charge in [0, 0.05) is 0 Å². The monoisotopic (exact) mass is 446 g/mol. The van der Waals surface area contributed by atoms with Crippen LogP contribution in [0.1, 0.15) is 22.3 Å². The number of allylic oxidation sites excluding steroid dienone is 2. The molecule has 0 heterocycles. The van der Waals surface area contributed by atoms with Crippen LogP contribution in [0.2, 0.25) is 0 Å². The third-order valence-electron chi connectivity index (χ3n) is 4.46. The van der Waals surface area contributed by atoms with Crippen molar-refractivity contribution >= 4 is 11.1 Å². The predicted octanol–water partition coefficient (Wildman–Crippen LogP) is 6.85. The fraction of sp³-hybridized carbons (Fsp3) is 0. The molecule has 0 saturated heterocycles. The summed E-state index contributed by atoms with van der Waals surface area (Å²) < 4.78 is 0. The number of rotatable bonds is 5. The molecule has 0 aliphatic heterocycles. The fourth-order valence-corrected chi connectivity index (χ4v) is 3.10. The molecule has 29 heavy (non-hydrogen) atoms. The maximum atomic E-state index is 3.63. The van der Waals surface area contributed by atoms with Gasteiger partial charge < -0.3 is 0 Å². The van der Waals surface area contributed by atoms with Crippen molar-refractivity contribution in [3.8, 4) is 0 Å². The Bertz CT molecular complexity index is 973. The smallest absolute Gasteiger partial charge is 0.174 e. The summed E-state index contributed by atoms with van der Waals surface area (Å²) in [4.78, 5) is 0. The second kappa shape index (κ2) is 10.7. The first-order valence-electron chi connectivity index (χ1n) is 9.39. The van der Waals surface area contributed by atoms with Crippen molar-refractivity contribution in [2.75, 3.05) is 0 Å². The molecule has 0 unspecified atom stereocenters. The molecule has 1 heteroatoms. The average Bonchev–Trinajstić information content (AvgIpc) is 2.79. The van der Waals surface area contributed by atoms with Gasteiger partial charge in [0.05, 0.1) is 0 Å². The molecule has 0 aliphatic carbocycles. The molecule has 0 saturated carbocycles. The molecule has 0 aromatic heterocycles. The molecule has 0 aliphatic rings. The van der Waals surface area contributed by atoms with Gasteiger partial charge in [0.15, 0.2) is 0 Å². The van der Waals surface area contributed by atoms with E-state index in [-0.39, 0.29) is 26.2 Å². The summed E-state index contributed by atoms with van der Waals surface area (Å²) in [7, 11) is 0. The molecule has 0 bridgehead atoms. The van der Waals surface area contributed by atoms with Crippen LogP contribution in [0, 0.1) is 12.2 Å². The Morgan fingerprint density at radius 3 is 0.966 bits per heavy atom. The van der Waals surface area contributed by atoms with E-state index in [0.717, 1.165) is 33.4 Å². The molecule has 136 valence electrons. The van der Waals surface area contributed by atoms with Gasteiger partial charge in [0.1, 0.15) is 0 Å². The quantitative estimate of drug-likeness (QED) is 0.178. The molecule has 0 spiro atoms. The topological polar surface area (TPSA) is 0 Å². The normalized spacial score (nSPS) is 11.6. The summed E-state index contributed by atoms with van der Waals surface area (Å²) >= 11 is 0. The number of hydrogen-bond acceptors (Lipinski definition) is 0. The average molecular weight is 448 g/mol. The van der Waals surface area contributed by atoms with Gasteiger partial charge in [0.25, 0.3) is 0 Å². The van der Waals surface area contributed by atoms with Crippen molar-refractivity contribution in [1.82, 2.24) is 0 Å². The first-order chi connectivity index (χ1) is 13.9. The Morgan fingerprint density at radius 1 is 0.379 bits per heavy atom. The third kappa shape index (κ3) is 5.62. The van der Waals surface area contributed by atoms with E-state index in [2.05, 4.69) is 84.9 Å². The Balaban J connectivity index is 0.00000240. The summed E-state index contributed by atoms with van der Waals surface area (Å²) in [5, 5.41) is 0. The minimum atomic E-state index is 0. The van der Waals surface area contributed by atoms with Crippen LogP contribution >= 0.6 is 0 Å². The van der Waals surface area contributed by atoms with E-state index in [0.29, 0.717) is 0 Å². The molecule has 0 atom stereocenters. The van der Waals surface area contributed by atoms with E-state index >= 15 is 0 Å². The molecule has 0 fully saturated rings. The van der Waals surface area contributed by atoms with E-state index in [1.54, 1.807) is 0 Å². The predicted molar refractivity (Wildman–Crippen MR) is 117 cm³/mol. The van der Waals surface area contributed by atoms with Crippen molar-refractivity contribution in [3.05, 3.63) is 156 Å². The van der Waals surface area contributed by atoms with Crippen molar-refractivity contribution in [2.45, 2.75) is 0 Å². The second-order valence-electron chi connectivity index (χ2n) is 6.46. The van der Waals surface area contributed by atoms with Crippen LogP contribution in [0.3, 0.4) is 0 Å². The van der Waals surface area contributed by atoms with Gasteiger partial charge >= 0.3 is 26.2 Å². The fourth-order valence-electron chi connectivity index (χ4n) is 3.10. The van der Waals surface area contributed by atoms with E-state index in [9.17, 15) is 0 Å². The molecular weight excluding hydrogens is 428 g/mol. The molecule has 4 aromatic carbocycles. The first-order valence-corrected chi connectivity index (χ1v) is 9.39. The van der Waals surface area contributed by atoms with Crippen LogP contribution in [0.4, 0.5) is 0 Å². The van der Waals surface area contributed by atoms with Crippen LogP contribution in [-0.4, -0.2) is 0 Å². The second-order valence-corrected chi connectivity index (χ2v) is 6.46.